The highest BCUT2D eigenvalue weighted by Gasteiger charge is 2.43. The first-order valence-electron chi connectivity index (χ1n) is 10.3. The second-order valence-corrected chi connectivity index (χ2v) is 10.9. The van der Waals surface area contributed by atoms with Gasteiger partial charge in [0.1, 0.15) is 5.82 Å². The molecule has 4 rings (SSSR count). The Labute approximate surface area is 193 Å². The van der Waals surface area contributed by atoms with Crippen LogP contribution in [-0.4, -0.2) is 59.0 Å². The van der Waals surface area contributed by atoms with Gasteiger partial charge in [0.05, 0.1) is 10.7 Å². The first-order chi connectivity index (χ1) is 15.3. The molecule has 1 aliphatic heterocycles. The first kappa shape index (κ1) is 22.9. The summed E-state index contributed by atoms with van der Waals surface area (Å²) in [7, 11) is -3.28. The third-order valence-corrected chi connectivity index (χ3v) is 7.99. The molecule has 0 radical (unpaired) electrons. The largest absolute Gasteiger partial charge is 0.409 e. The van der Waals surface area contributed by atoms with Crippen LogP contribution in [0.5, 0.6) is 0 Å². The van der Waals surface area contributed by atoms with Gasteiger partial charge >= 0.3 is 0 Å². The second kappa shape index (κ2) is 9.32. The quantitative estimate of drug-likeness (QED) is 0.232. The van der Waals surface area contributed by atoms with Gasteiger partial charge in [0.15, 0.2) is 5.69 Å². The van der Waals surface area contributed by atoms with Crippen molar-refractivity contribution in [2.75, 3.05) is 23.4 Å². The van der Waals surface area contributed by atoms with E-state index in [-0.39, 0.29) is 39.8 Å². The van der Waals surface area contributed by atoms with Crippen molar-refractivity contribution in [3.63, 3.8) is 0 Å². The van der Waals surface area contributed by atoms with Crippen molar-refractivity contribution in [1.29, 1.82) is 0 Å². The van der Waals surface area contributed by atoms with Gasteiger partial charge in [0.2, 0.25) is 21.7 Å². The molecule has 3 unspecified atom stereocenters. The van der Waals surface area contributed by atoms with Crippen LogP contribution in [0.2, 0.25) is 0 Å². The van der Waals surface area contributed by atoms with E-state index >= 15 is 0 Å². The van der Waals surface area contributed by atoms with E-state index in [1.165, 1.54) is 24.5 Å². The fraction of sp³-hybridized carbons (Fsp3) is 0.526. The number of nitrogens with zero attached hydrogens (tertiary/aromatic N) is 4. The molecule has 3 atom stereocenters. The zero-order valence-corrected chi connectivity index (χ0v) is 19.7. The number of oxime groups is 1. The normalized spacial score (nSPS) is 24.7. The second-order valence-electron chi connectivity index (χ2n) is 8.09. The summed E-state index contributed by atoms with van der Waals surface area (Å²) in [5, 5.41) is 26.8. The minimum absolute atomic E-state index is 0.0268. The van der Waals surface area contributed by atoms with Gasteiger partial charge in [-0.2, -0.15) is 4.31 Å². The number of hydrogen-bond acceptors (Lipinski definition) is 8. The Morgan fingerprint density at radius 3 is 2.81 bits per heavy atom. The molecule has 174 valence electrons. The molecule has 32 heavy (non-hydrogen) atoms. The van der Waals surface area contributed by atoms with Gasteiger partial charge in [0, 0.05) is 24.3 Å². The van der Waals surface area contributed by atoms with Crippen LogP contribution in [0.4, 0.5) is 15.9 Å². The van der Waals surface area contributed by atoms with Crippen LogP contribution >= 0.6 is 15.9 Å². The monoisotopic (exact) mass is 530 g/mol. The Hall–Kier alpha value is -2.25. The van der Waals surface area contributed by atoms with Crippen molar-refractivity contribution < 1.29 is 22.6 Å². The van der Waals surface area contributed by atoms with Crippen LogP contribution < -0.4 is 10.6 Å². The Morgan fingerprint density at radius 1 is 1.31 bits per heavy atom. The molecule has 2 aliphatic rings. The third kappa shape index (κ3) is 4.74. The van der Waals surface area contributed by atoms with Gasteiger partial charge in [-0.3, -0.25) is 0 Å². The fourth-order valence-electron chi connectivity index (χ4n) is 4.66. The maximum Gasteiger partial charge on any atom is 0.211 e. The Balaban J connectivity index is 1.53. The van der Waals surface area contributed by atoms with Crippen molar-refractivity contribution in [3.05, 3.63) is 34.2 Å². The molecule has 3 N–H and O–H groups in total. The summed E-state index contributed by atoms with van der Waals surface area (Å²) in [5.74, 6) is -0.0482. The van der Waals surface area contributed by atoms with Crippen LogP contribution in [0.3, 0.4) is 0 Å². The van der Waals surface area contributed by atoms with E-state index in [4.69, 9.17) is 4.63 Å². The predicted octanol–water partition coefficient (Wildman–Crippen LogP) is 3.22. The number of benzene rings is 1. The summed E-state index contributed by atoms with van der Waals surface area (Å²) in [4.78, 5) is 0. The van der Waals surface area contributed by atoms with E-state index in [1.807, 2.05) is 0 Å². The molecule has 2 heterocycles. The molecule has 13 heteroatoms. The van der Waals surface area contributed by atoms with Crippen LogP contribution in [-0.2, 0) is 10.0 Å². The van der Waals surface area contributed by atoms with E-state index in [9.17, 15) is 18.0 Å². The van der Waals surface area contributed by atoms with E-state index in [1.54, 1.807) is 4.31 Å². The van der Waals surface area contributed by atoms with Crippen LogP contribution in [0.15, 0.2) is 32.5 Å². The Morgan fingerprint density at radius 2 is 2.09 bits per heavy atom. The molecule has 0 spiro atoms. The molecule has 1 saturated carbocycles. The SMILES string of the molecule is CS(=O)(=O)N1CCC(Nc2nonc2/C(=N/O)Nc2ccc(F)c(Br)c2)C2CCCCC21. The number of nitrogens with one attached hydrogen (secondary N) is 2. The van der Waals surface area contributed by atoms with E-state index < -0.39 is 15.8 Å². The molecular formula is C19H24BrFN6O4S. The minimum Gasteiger partial charge on any atom is -0.409 e. The Kier molecular flexibility index (Phi) is 6.67. The maximum atomic E-state index is 13.5. The summed E-state index contributed by atoms with van der Waals surface area (Å²) >= 11 is 3.11. The smallest absolute Gasteiger partial charge is 0.211 e. The number of piperidine rings is 1. The number of fused-ring (bicyclic) bond motifs is 1. The van der Waals surface area contributed by atoms with Crippen LogP contribution in [0.25, 0.3) is 0 Å². The van der Waals surface area contributed by atoms with E-state index in [2.05, 4.69) is 42.0 Å². The van der Waals surface area contributed by atoms with E-state index in [0.717, 1.165) is 25.7 Å². The standard InChI is InChI=1S/C19H24BrFN6O4S/c1-32(29,30)27-9-8-15(12-4-2-3-5-16(12)27)23-19-17(25-31-26-19)18(24-28)22-11-6-7-14(21)13(20)10-11/h6-7,10,12,15-16,28H,2-5,8-9H2,1H3,(H,22,24)(H,23,26). The number of hydrogen-bond donors (Lipinski definition) is 3. The van der Waals surface area contributed by atoms with Crippen LogP contribution in [0.1, 0.15) is 37.8 Å². The molecule has 2 fully saturated rings. The lowest BCUT2D eigenvalue weighted by Crippen LogP contribution is -2.56. The Bertz CT molecular complexity index is 1110. The molecule has 0 amide bonds. The fourth-order valence-corrected chi connectivity index (χ4v) is 6.23. The van der Waals surface area contributed by atoms with Crippen molar-refractivity contribution in [2.45, 2.75) is 44.2 Å². The minimum atomic E-state index is -3.28. The molecule has 0 bridgehead atoms. The van der Waals surface area contributed by atoms with Gasteiger partial charge in [-0.05, 0) is 69.6 Å². The predicted molar refractivity (Wildman–Crippen MR) is 120 cm³/mol. The summed E-state index contributed by atoms with van der Waals surface area (Å²) in [6.07, 6.45) is 5.61. The number of sulfonamides is 1. The molecule has 1 saturated heterocycles. The zero-order chi connectivity index (χ0) is 22.9. The molecular weight excluding hydrogens is 507 g/mol. The van der Waals surface area contributed by atoms with Gasteiger partial charge in [-0.15, -0.1) is 0 Å². The third-order valence-electron chi connectivity index (χ3n) is 6.07. The number of halogens is 2. The van der Waals surface area contributed by atoms with Crippen LogP contribution in [0, 0.1) is 11.7 Å². The molecule has 1 aromatic carbocycles. The lowest BCUT2D eigenvalue weighted by Gasteiger charge is -2.47. The van der Waals surface area contributed by atoms with Gasteiger partial charge in [-0.1, -0.05) is 18.0 Å². The highest BCUT2D eigenvalue weighted by molar-refractivity contribution is 9.10. The average molecular weight is 531 g/mol. The summed E-state index contributed by atoms with van der Waals surface area (Å²) in [5.41, 5.74) is 0.625. The number of aromatic nitrogens is 2. The molecule has 1 aromatic heterocycles. The van der Waals surface area contributed by atoms with Crippen molar-refractivity contribution >= 4 is 43.3 Å². The number of amidine groups is 1. The summed E-state index contributed by atoms with van der Waals surface area (Å²) in [6, 6.07) is 4.15. The summed E-state index contributed by atoms with van der Waals surface area (Å²) in [6.45, 7) is 0.418. The summed E-state index contributed by atoms with van der Waals surface area (Å²) < 4.78 is 44.8. The lowest BCUT2D eigenvalue weighted by atomic mass is 9.76. The lowest BCUT2D eigenvalue weighted by molar-refractivity contribution is 0.117. The van der Waals surface area contributed by atoms with Crippen molar-refractivity contribution in [3.8, 4) is 0 Å². The van der Waals surface area contributed by atoms with Crippen molar-refractivity contribution in [2.24, 2.45) is 11.1 Å². The molecule has 1 aliphatic carbocycles. The topological polar surface area (TPSA) is 133 Å². The maximum absolute atomic E-state index is 13.5. The van der Waals surface area contributed by atoms with Gasteiger partial charge < -0.3 is 15.8 Å². The molecule has 2 aromatic rings. The zero-order valence-electron chi connectivity index (χ0n) is 17.3. The van der Waals surface area contributed by atoms with Gasteiger partial charge in [0.25, 0.3) is 0 Å². The molecule has 10 nitrogen and oxygen atoms in total. The highest BCUT2D eigenvalue weighted by Crippen LogP contribution is 2.38. The number of anilines is 2. The number of rotatable bonds is 5. The first-order valence-corrected chi connectivity index (χ1v) is 12.9. The average Bonchev–Trinajstić information content (AvgIpc) is 3.22. The van der Waals surface area contributed by atoms with Gasteiger partial charge in [-0.25, -0.2) is 17.4 Å². The highest BCUT2D eigenvalue weighted by atomic mass is 79.9. The van der Waals surface area contributed by atoms with Crippen molar-refractivity contribution in [1.82, 2.24) is 14.6 Å². The van der Waals surface area contributed by atoms with E-state index in [0.29, 0.717) is 18.7 Å².